The van der Waals surface area contributed by atoms with Gasteiger partial charge in [0.15, 0.2) is 12.4 Å². The normalized spacial score (nSPS) is 13.1. The standard InChI is InChI=1S/C18H18N2O6S/c1-25-18(22)13-2-5-15(20(23)24)16(8-13)26-10-17(21)19(14-3-4-14)9-12-6-7-27-11-12/h2,5-8,11,14H,3-4,9-10H2,1H3. The van der Waals surface area contributed by atoms with E-state index in [1.807, 2.05) is 16.8 Å². The summed E-state index contributed by atoms with van der Waals surface area (Å²) in [4.78, 5) is 36.6. The fourth-order valence-electron chi connectivity index (χ4n) is 2.63. The van der Waals surface area contributed by atoms with Crippen LogP contribution in [0.2, 0.25) is 0 Å². The van der Waals surface area contributed by atoms with Gasteiger partial charge in [-0.3, -0.25) is 14.9 Å². The Morgan fingerprint density at radius 1 is 1.33 bits per heavy atom. The molecule has 142 valence electrons. The van der Waals surface area contributed by atoms with Crippen molar-refractivity contribution < 1.29 is 24.0 Å². The Hall–Kier alpha value is -2.94. The molecule has 0 saturated heterocycles. The van der Waals surface area contributed by atoms with Crippen molar-refractivity contribution in [2.45, 2.75) is 25.4 Å². The van der Waals surface area contributed by atoms with Crippen molar-refractivity contribution >= 4 is 28.9 Å². The molecule has 1 aliphatic carbocycles. The first-order valence-electron chi connectivity index (χ1n) is 8.29. The molecular formula is C18H18N2O6S. The quantitative estimate of drug-likeness (QED) is 0.390. The molecule has 0 unspecified atom stereocenters. The molecule has 3 rings (SSSR count). The molecule has 0 aliphatic heterocycles. The van der Waals surface area contributed by atoms with Crippen molar-refractivity contribution in [3.8, 4) is 5.75 Å². The molecule has 27 heavy (non-hydrogen) atoms. The number of carbonyl (C=O) groups is 2. The van der Waals surface area contributed by atoms with E-state index in [1.54, 1.807) is 16.2 Å². The second kappa shape index (κ2) is 8.17. The Morgan fingerprint density at radius 2 is 2.11 bits per heavy atom. The van der Waals surface area contributed by atoms with Crippen molar-refractivity contribution in [1.82, 2.24) is 4.90 Å². The molecule has 1 fully saturated rings. The van der Waals surface area contributed by atoms with Crippen LogP contribution in [0.5, 0.6) is 5.75 Å². The fraction of sp³-hybridized carbons (Fsp3) is 0.333. The molecule has 0 atom stereocenters. The third-order valence-electron chi connectivity index (χ3n) is 4.17. The maximum Gasteiger partial charge on any atom is 0.337 e. The molecule has 1 heterocycles. The average Bonchev–Trinajstić information content (AvgIpc) is 3.38. The number of benzene rings is 1. The van der Waals surface area contributed by atoms with Gasteiger partial charge in [-0.2, -0.15) is 11.3 Å². The van der Waals surface area contributed by atoms with Crippen LogP contribution in [0.1, 0.15) is 28.8 Å². The van der Waals surface area contributed by atoms with Crippen LogP contribution in [0.15, 0.2) is 35.0 Å². The molecular weight excluding hydrogens is 372 g/mol. The van der Waals surface area contributed by atoms with Crippen LogP contribution < -0.4 is 4.74 Å². The summed E-state index contributed by atoms with van der Waals surface area (Å²) in [6.45, 7) is 0.146. The lowest BCUT2D eigenvalue weighted by Crippen LogP contribution is -2.36. The summed E-state index contributed by atoms with van der Waals surface area (Å²) in [5.41, 5.74) is 0.841. The Labute approximate surface area is 159 Å². The minimum absolute atomic E-state index is 0.114. The van der Waals surface area contributed by atoms with Crippen molar-refractivity contribution in [3.63, 3.8) is 0 Å². The van der Waals surface area contributed by atoms with Gasteiger partial charge < -0.3 is 14.4 Å². The van der Waals surface area contributed by atoms with Crippen molar-refractivity contribution in [3.05, 3.63) is 56.3 Å². The molecule has 2 aromatic rings. The van der Waals surface area contributed by atoms with E-state index in [0.717, 1.165) is 24.5 Å². The minimum Gasteiger partial charge on any atom is -0.477 e. The second-order valence-electron chi connectivity index (χ2n) is 6.10. The Balaban J connectivity index is 1.73. The number of ether oxygens (including phenoxy) is 2. The van der Waals surface area contributed by atoms with E-state index in [-0.39, 0.29) is 35.6 Å². The van der Waals surface area contributed by atoms with Gasteiger partial charge in [0.05, 0.1) is 17.6 Å². The number of esters is 1. The summed E-state index contributed by atoms with van der Waals surface area (Å²) in [7, 11) is 1.21. The SMILES string of the molecule is COC(=O)c1ccc([N+](=O)[O-])c(OCC(=O)N(Cc2ccsc2)C2CC2)c1. The molecule has 0 spiro atoms. The topological polar surface area (TPSA) is 99.0 Å². The number of methoxy groups -OCH3 is 1. The molecule has 0 N–H and O–H groups in total. The molecule has 1 saturated carbocycles. The first-order valence-corrected chi connectivity index (χ1v) is 9.24. The zero-order valence-electron chi connectivity index (χ0n) is 14.6. The molecule has 9 heteroatoms. The number of hydrogen-bond acceptors (Lipinski definition) is 7. The first kappa shape index (κ1) is 18.8. The van der Waals surface area contributed by atoms with Gasteiger partial charge in [0, 0.05) is 24.7 Å². The van der Waals surface area contributed by atoms with Gasteiger partial charge >= 0.3 is 11.7 Å². The van der Waals surface area contributed by atoms with Crippen molar-refractivity contribution in [1.29, 1.82) is 0 Å². The number of nitro groups is 1. The molecule has 1 aromatic carbocycles. The number of nitrogens with zero attached hydrogens (tertiary/aromatic N) is 2. The predicted octanol–water partition coefficient (Wildman–Crippen LogP) is 3.01. The van der Waals surface area contributed by atoms with Crippen LogP contribution in [-0.4, -0.2) is 41.5 Å². The maximum absolute atomic E-state index is 12.6. The summed E-state index contributed by atoms with van der Waals surface area (Å²) >= 11 is 1.56. The van der Waals surface area contributed by atoms with Crippen LogP contribution in [-0.2, 0) is 16.1 Å². The van der Waals surface area contributed by atoms with Gasteiger partial charge in [0.1, 0.15) is 0 Å². The lowest BCUT2D eigenvalue weighted by Gasteiger charge is -2.22. The van der Waals surface area contributed by atoms with E-state index in [1.165, 1.54) is 19.2 Å². The van der Waals surface area contributed by atoms with Crippen LogP contribution in [0.25, 0.3) is 0 Å². The lowest BCUT2D eigenvalue weighted by atomic mass is 10.2. The number of thiophene rings is 1. The number of amides is 1. The highest BCUT2D eigenvalue weighted by Gasteiger charge is 2.33. The van der Waals surface area contributed by atoms with Gasteiger partial charge in [-0.1, -0.05) is 0 Å². The molecule has 8 nitrogen and oxygen atoms in total. The Kier molecular flexibility index (Phi) is 5.70. The number of hydrogen-bond donors (Lipinski definition) is 0. The van der Waals surface area contributed by atoms with Crippen molar-refractivity contribution in [2.75, 3.05) is 13.7 Å². The molecule has 1 amide bonds. The third-order valence-corrected chi connectivity index (χ3v) is 4.90. The molecule has 0 bridgehead atoms. The van der Waals surface area contributed by atoms with Crippen LogP contribution in [0, 0.1) is 10.1 Å². The van der Waals surface area contributed by atoms with Crippen LogP contribution in [0.3, 0.4) is 0 Å². The Morgan fingerprint density at radius 3 is 2.70 bits per heavy atom. The highest BCUT2D eigenvalue weighted by molar-refractivity contribution is 7.07. The predicted molar refractivity (Wildman–Crippen MR) is 97.8 cm³/mol. The molecule has 1 aliphatic rings. The molecule has 0 radical (unpaired) electrons. The number of nitro benzene ring substituents is 1. The van der Waals surface area contributed by atoms with Crippen LogP contribution >= 0.6 is 11.3 Å². The van der Waals surface area contributed by atoms with Gasteiger partial charge in [0.2, 0.25) is 0 Å². The minimum atomic E-state index is -0.641. The summed E-state index contributed by atoms with van der Waals surface area (Å²) in [5.74, 6) is -1.03. The summed E-state index contributed by atoms with van der Waals surface area (Å²) in [6, 6.07) is 5.80. The number of carbonyl (C=O) groups excluding carboxylic acids is 2. The summed E-state index contributed by atoms with van der Waals surface area (Å²) < 4.78 is 10.1. The number of rotatable bonds is 8. The van der Waals surface area contributed by atoms with Crippen molar-refractivity contribution in [2.24, 2.45) is 0 Å². The second-order valence-corrected chi connectivity index (χ2v) is 6.88. The van der Waals surface area contributed by atoms with Crippen LogP contribution in [0.4, 0.5) is 5.69 Å². The smallest absolute Gasteiger partial charge is 0.337 e. The van der Waals surface area contributed by atoms with Gasteiger partial charge in [-0.15, -0.1) is 0 Å². The third kappa shape index (κ3) is 4.62. The fourth-order valence-corrected chi connectivity index (χ4v) is 3.29. The zero-order chi connectivity index (χ0) is 19.4. The highest BCUT2D eigenvalue weighted by Crippen LogP contribution is 2.31. The Bertz CT molecular complexity index is 848. The maximum atomic E-state index is 12.6. The van der Waals surface area contributed by atoms with E-state index in [2.05, 4.69) is 4.74 Å². The lowest BCUT2D eigenvalue weighted by molar-refractivity contribution is -0.385. The largest absolute Gasteiger partial charge is 0.477 e. The van der Waals surface area contributed by atoms with E-state index in [4.69, 9.17) is 4.74 Å². The van der Waals surface area contributed by atoms with Gasteiger partial charge in [-0.05, 0) is 41.3 Å². The zero-order valence-corrected chi connectivity index (χ0v) is 15.4. The monoisotopic (exact) mass is 390 g/mol. The molecule has 1 aromatic heterocycles. The van der Waals surface area contributed by atoms with E-state index in [9.17, 15) is 19.7 Å². The van der Waals surface area contributed by atoms with E-state index >= 15 is 0 Å². The highest BCUT2D eigenvalue weighted by atomic mass is 32.1. The van der Waals surface area contributed by atoms with Gasteiger partial charge in [0.25, 0.3) is 5.91 Å². The van der Waals surface area contributed by atoms with E-state index in [0.29, 0.717) is 6.54 Å². The summed E-state index contributed by atoms with van der Waals surface area (Å²) in [6.07, 6.45) is 1.88. The van der Waals surface area contributed by atoms with E-state index < -0.39 is 10.9 Å². The van der Waals surface area contributed by atoms with Gasteiger partial charge in [-0.25, -0.2) is 4.79 Å². The average molecular weight is 390 g/mol. The summed E-state index contributed by atoms with van der Waals surface area (Å²) in [5, 5.41) is 15.1. The first-order chi connectivity index (χ1) is 13.0.